The van der Waals surface area contributed by atoms with Crippen molar-refractivity contribution in [1.82, 2.24) is 0 Å². The molecular formula is C25H28Cl2O4. The number of hydrogen-bond acceptors (Lipinski definition) is 2. The fraction of sp³-hybridized carbons (Fsp3) is 0.440. The quantitative estimate of drug-likeness (QED) is 0.501. The fourth-order valence-electron chi connectivity index (χ4n) is 5.72. The number of rotatable bonds is 2. The van der Waals surface area contributed by atoms with E-state index in [2.05, 4.69) is 0 Å². The van der Waals surface area contributed by atoms with Gasteiger partial charge in [0.2, 0.25) is 0 Å². The van der Waals surface area contributed by atoms with Gasteiger partial charge in [0.1, 0.15) is 0 Å². The Morgan fingerprint density at radius 2 is 1.32 bits per heavy atom. The topological polar surface area (TPSA) is 74.6 Å². The zero-order valence-electron chi connectivity index (χ0n) is 17.6. The maximum atomic E-state index is 11.3. The number of hydrogen-bond donors (Lipinski definition) is 2. The van der Waals surface area contributed by atoms with Gasteiger partial charge in [-0.3, -0.25) is 9.59 Å². The van der Waals surface area contributed by atoms with Crippen LogP contribution in [-0.4, -0.2) is 22.2 Å². The first kappa shape index (κ1) is 23.6. The summed E-state index contributed by atoms with van der Waals surface area (Å²) >= 11 is 12.0. The standard InChI is InChI=1S/C12H8Cl2.C11H16O2.C2H4O2/c13-11-8-4-7-10(12(11)14)9-5-2-1-3-6-9;12-10(13)11-4-7-1-8(5-11)3-9(2-7)6-11;1-2(3)4/h1-8H;7-9H,1-6H2,(H,12,13);1H3,(H,3,4). The van der Waals surface area contributed by atoms with E-state index in [9.17, 15) is 9.90 Å². The summed E-state index contributed by atoms with van der Waals surface area (Å²) in [5, 5.41) is 17.9. The second-order valence-corrected chi connectivity index (χ2v) is 9.77. The third kappa shape index (κ3) is 5.81. The summed E-state index contributed by atoms with van der Waals surface area (Å²) in [4.78, 5) is 20.3. The van der Waals surface area contributed by atoms with Gasteiger partial charge in [0.05, 0.1) is 15.5 Å². The van der Waals surface area contributed by atoms with Crippen molar-refractivity contribution in [2.24, 2.45) is 23.2 Å². The molecule has 0 radical (unpaired) electrons. The average Bonchev–Trinajstić information content (AvgIpc) is 2.70. The molecule has 31 heavy (non-hydrogen) atoms. The lowest BCUT2D eigenvalue weighted by Gasteiger charge is -2.54. The van der Waals surface area contributed by atoms with Crippen molar-refractivity contribution in [2.75, 3.05) is 0 Å². The number of benzene rings is 2. The van der Waals surface area contributed by atoms with E-state index >= 15 is 0 Å². The van der Waals surface area contributed by atoms with Gasteiger partial charge >= 0.3 is 5.97 Å². The van der Waals surface area contributed by atoms with Crippen molar-refractivity contribution in [3.8, 4) is 11.1 Å². The highest BCUT2D eigenvalue weighted by atomic mass is 35.5. The van der Waals surface area contributed by atoms with Gasteiger partial charge in [-0.05, 0) is 67.9 Å². The minimum Gasteiger partial charge on any atom is -0.481 e. The van der Waals surface area contributed by atoms with Gasteiger partial charge in [-0.25, -0.2) is 0 Å². The predicted molar refractivity (Wildman–Crippen MR) is 123 cm³/mol. The van der Waals surface area contributed by atoms with E-state index in [1.807, 2.05) is 42.5 Å². The van der Waals surface area contributed by atoms with E-state index in [1.165, 1.54) is 19.3 Å². The Bertz CT molecular complexity index is 887. The van der Waals surface area contributed by atoms with E-state index in [0.29, 0.717) is 10.0 Å². The van der Waals surface area contributed by atoms with Crippen LogP contribution in [0, 0.1) is 23.2 Å². The summed E-state index contributed by atoms with van der Waals surface area (Å²) in [7, 11) is 0. The van der Waals surface area contributed by atoms with Gasteiger partial charge < -0.3 is 10.2 Å². The van der Waals surface area contributed by atoms with Gasteiger partial charge in [0, 0.05) is 12.5 Å². The number of aliphatic carboxylic acids is 2. The largest absolute Gasteiger partial charge is 0.481 e. The minimum absolute atomic E-state index is 0.283. The number of carbonyl (C=O) groups is 2. The number of carboxylic acids is 2. The van der Waals surface area contributed by atoms with Crippen LogP contribution in [0.25, 0.3) is 11.1 Å². The van der Waals surface area contributed by atoms with Gasteiger partial charge in [-0.1, -0.05) is 65.7 Å². The number of halogens is 2. The maximum absolute atomic E-state index is 11.3. The van der Waals surface area contributed by atoms with Crippen molar-refractivity contribution in [2.45, 2.75) is 45.4 Å². The van der Waals surface area contributed by atoms with E-state index < -0.39 is 11.9 Å². The molecule has 0 heterocycles. The van der Waals surface area contributed by atoms with E-state index in [-0.39, 0.29) is 5.41 Å². The molecule has 6 heteroatoms. The van der Waals surface area contributed by atoms with E-state index in [0.717, 1.165) is 55.1 Å². The zero-order chi connectivity index (χ0) is 22.6. The summed E-state index contributed by atoms with van der Waals surface area (Å²) in [6.07, 6.45) is 6.92. The molecule has 4 aliphatic rings. The lowest BCUT2D eigenvalue weighted by Crippen LogP contribution is -2.49. The van der Waals surface area contributed by atoms with Crippen LogP contribution < -0.4 is 0 Å². The summed E-state index contributed by atoms with van der Waals surface area (Å²) in [5.41, 5.74) is 1.77. The molecule has 0 amide bonds. The average molecular weight is 463 g/mol. The predicted octanol–water partition coefficient (Wildman–Crippen LogP) is 7.04. The molecular weight excluding hydrogens is 435 g/mol. The van der Waals surface area contributed by atoms with E-state index in [4.69, 9.17) is 33.1 Å². The SMILES string of the molecule is CC(=O)O.Clc1cccc(-c2ccccc2)c1Cl.O=C(O)C12CC3CC(CC(C3)C1)C2. The first-order chi connectivity index (χ1) is 14.7. The van der Waals surface area contributed by atoms with Gasteiger partial charge in [0.15, 0.2) is 0 Å². The highest BCUT2D eigenvalue weighted by Crippen LogP contribution is 2.60. The molecule has 4 bridgehead atoms. The third-order valence-corrected chi connectivity index (χ3v) is 7.35. The Labute approximate surface area is 193 Å². The molecule has 4 aliphatic carbocycles. The summed E-state index contributed by atoms with van der Waals surface area (Å²) < 4.78 is 0. The van der Waals surface area contributed by atoms with Crippen LogP contribution in [0.5, 0.6) is 0 Å². The van der Waals surface area contributed by atoms with Crippen LogP contribution in [0.3, 0.4) is 0 Å². The molecule has 2 aromatic rings. The third-order valence-electron chi connectivity index (χ3n) is 6.53. The van der Waals surface area contributed by atoms with Gasteiger partial charge in [-0.2, -0.15) is 0 Å². The summed E-state index contributed by atoms with van der Waals surface area (Å²) in [6.45, 7) is 1.08. The Hall–Kier alpha value is -2.04. The molecule has 2 N–H and O–H groups in total. The summed E-state index contributed by atoms with van der Waals surface area (Å²) in [6, 6.07) is 15.6. The van der Waals surface area contributed by atoms with Crippen molar-refractivity contribution in [3.05, 3.63) is 58.6 Å². The van der Waals surface area contributed by atoms with Gasteiger partial charge in [0.25, 0.3) is 5.97 Å². The van der Waals surface area contributed by atoms with Crippen LogP contribution in [0.4, 0.5) is 0 Å². The van der Waals surface area contributed by atoms with Crippen LogP contribution in [0.1, 0.15) is 45.4 Å². The Morgan fingerprint density at radius 1 is 0.839 bits per heavy atom. The molecule has 0 aromatic heterocycles. The first-order valence-electron chi connectivity index (χ1n) is 10.6. The van der Waals surface area contributed by atoms with Crippen molar-refractivity contribution in [1.29, 1.82) is 0 Å². The lowest BCUT2D eigenvalue weighted by molar-refractivity contribution is -0.164. The van der Waals surface area contributed by atoms with Crippen LogP contribution in [0.15, 0.2) is 48.5 Å². The Kier molecular flexibility index (Phi) is 7.66. The van der Waals surface area contributed by atoms with Crippen molar-refractivity contribution >= 4 is 35.1 Å². The van der Waals surface area contributed by atoms with Crippen LogP contribution in [-0.2, 0) is 9.59 Å². The molecule has 0 saturated heterocycles. The van der Waals surface area contributed by atoms with Crippen LogP contribution >= 0.6 is 23.2 Å². The second kappa shape index (κ2) is 10.1. The summed E-state index contributed by atoms with van der Waals surface area (Å²) in [5.74, 6) is 0.915. The Morgan fingerprint density at radius 3 is 1.77 bits per heavy atom. The van der Waals surface area contributed by atoms with E-state index in [1.54, 1.807) is 6.07 Å². The van der Waals surface area contributed by atoms with Gasteiger partial charge in [-0.15, -0.1) is 0 Å². The molecule has 2 aromatic carbocycles. The molecule has 6 rings (SSSR count). The maximum Gasteiger partial charge on any atom is 0.309 e. The first-order valence-corrected chi connectivity index (χ1v) is 11.4. The lowest BCUT2D eigenvalue weighted by atomic mass is 9.49. The molecule has 4 nitrogen and oxygen atoms in total. The zero-order valence-corrected chi connectivity index (χ0v) is 19.1. The molecule has 0 atom stereocenters. The highest BCUT2D eigenvalue weighted by molar-refractivity contribution is 6.43. The normalized spacial score (nSPS) is 27.4. The van der Waals surface area contributed by atoms with Crippen molar-refractivity contribution in [3.63, 3.8) is 0 Å². The molecule has 0 spiro atoms. The molecule has 166 valence electrons. The molecule has 4 saturated carbocycles. The Balaban J connectivity index is 0.000000151. The monoisotopic (exact) mass is 462 g/mol. The smallest absolute Gasteiger partial charge is 0.309 e. The molecule has 0 unspecified atom stereocenters. The van der Waals surface area contributed by atoms with Crippen LogP contribution in [0.2, 0.25) is 10.0 Å². The second-order valence-electron chi connectivity index (χ2n) is 8.99. The minimum atomic E-state index is -0.833. The highest BCUT2D eigenvalue weighted by Gasteiger charge is 2.54. The molecule has 4 fully saturated rings. The van der Waals surface area contributed by atoms with Crippen molar-refractivity contribution < 1.29 is 19.8 Å². The molecule has 0 aliphatic heterocycles. The number of carboxylic acid groups (broad SMARTS) is 2. The fourth-order valence-corrected chi connectivity index (χ4v) is 6.13.